The minimum absolute atomic E-state index is 0.0526. The maximum atomic E-state index is 11.2. The van der Waals surface area contributed by atoms with Crippen LogP contribution in [0.1, 0.15) is 16.1 Å². The van der Waals surface area contributed by atoms with E-state index in [2.05, 4.69) is 10.1 Å². The number of nitrogens with zero attached hydrogens (tertiary/aromatic N) is 4. The van der Waals surface area contributed by atoms with Gasteiger partial charge < -0.3 is 5.11 Å². The monoisotopic (exact) mass is 290 g/mol. The number of benzene rings is 1. The molecule has 22 heavy (non-hydrogen) atoms. The van der Waals surface area contributed by atoms with Crippen LogP contribution >= 0.6 is 0 Å². The van der Waals surface area contributed by atoms with Gasteiger partial charge in [0, 0.05) is 18.0 Å². The Balaban J connectivity index is 2.17. The van der Waals surface area contributed by atoms with Crippen molar-refractivity contribution in [2.45, 2.75) is 0 Å². The lowest BCUT2D eigenvalue weighted by molar-refractivity contribution is 0.0690. The van der Waals surface area contributed by atoms with Crippen LogP contribution in [0.5, 0.6) is 0 Å². The third-order valence-corrected chi connectivity index (χ3v) is 3.13. The molecule has 3 rings (SSSR count). The van der Waals surface area contributed by atoms with Crippen LogP contribution in [0, 0.1) is 11.3 Å². The van der Waals surface area contributed by atoms with E-state index >= 15 is 0 Å². The SMILES string of the molecule is N#Cc1ccc(-n2nc(C(=O)O)cc2-c2cccnc2)cc1. The molecule has 0 bridgehead atoms. The standard InChI is InChI=1S/C16H10N4O2/c17-9-11-3-5-13(6-4-11)20-15(8-14(19-20)16(21)22)12-2-1-7-18-10-12/h1-8,10H,(H,21,22). The average Bonchev–Trinajstić information content (AvgIpc) is 3.01. The quantitative estimate of drug-likeness (QED) is 0.800. The summed E-state index contributed by atoms with van der Waals surface area (Å²) in [5.74, 6) is -1.10. The number of carboxylic acids is 1. The highest BCUT2D eigenvalue weighted by atomic mass is 16.4. The minimum atomic E-state index is -1.10. The van der Waals surface area contributed by atoms with Crippen molar-refractivity contribution in [3.05, 3.63) is 66.1 Å². The van der Waals surface area contributed by atoms with Gasteiger partial charge in [0.05, 0.1) is 23.0 Å². The molecule has 2 aromatic heterocycles. The Kier molecular flexibility index (Phi) is 3.38. The fourth-order valence-electron chi connectivity index (χ4n) is 2.08. The molecule has 0 aliphatic carbocycles. The van der Waals surface area contributed by atoms with Gasteiger partial charge in [0.2, 0.25) is 0 Å². The lowest BCUT2D eigenvalue weighted by Crippen LogP contribution is -2.02. The zero-order valence-electron chi connectivity index (χ0n) is 11.3. The van der Waals surface area contributed by atoms with Crippen molar-refractivity contribution in [2.24, 2.45) is 0 Å². The van der Waals surface area contributed by atoms with Gasteiger partial charge in [0.1, 0.15) is 0 Å². The number of pyridine rings is 1. The van der Waals surface area contributed by atoms with Gasteiger partial charge in [-0.05, 0) is 42.5 Å². The van der Waals surface area contributed by atoms with E-state index < -0.39 is 5.97 Å². The molecule has 0 aliphatic rings. The first kappa shape index (κ1) is 13.5. The summed E-state index contributed by atoms with van der Waals surface area (Å²) < 4.78 is 1.53. The van der Waals surface area contributed by atoms with Crippen molar-refractivity contribution in [1.82, 2.24) is 14.8 Å². The molecule has 1 N–H and O–H groups in total. The lowest BCUT2D eigenvalue weighted by Gasteiger charge is -2.07. The number of hydrogen-bond acceptors (Lipinski definition) is 4. The molecule has 0 saturated carbocycles. The highest BCUT2D eigenvalue weighted by Crippen LogP contribution is 2.23. The highest BCUT2D eigenvalue weighted by molar-refractivity contribution is 5.87. The maximum Gasteiger partial charge on any atom is 0.356 e. The van der Waals surface area contributed by atoms with Gasteiger partial charge in [-0.2, -0.15) is 10.4 Å². The number of nitriles is 1. The number of aromatic nitrogens is 3. The van der Waals surface area contributed by atoms with Gasteiger partial charge in [-0.15, -0.1) is 0 Å². The number of aromatic carboxylic acids is 1. The Morgan fingerprint density at radius 2 is 2.00 bits per heavy atom. The molecule has 6 nitrogen and oxygen atoms in total. The van der Waals surface area contributed by atoms with Crippen molar-refractivity contribution in [2.75, 3.05) is 0 Å². The number of carbonyl (C=O) groups is 1. The van der Waals surface area contributed by atoms with Crippen molar-refractivity contribution in [3.63, 3.8) is 0 Å². The van der Waals surface area contributed by atoms with E-state index in [0.29, 0.717) is 16.9 Å². The summed E-state index contributed by atoms with van der Waals surface area (Å²) in [5.41, 5.74) is 2.52. The molecule has 1 aromatic carbocycles. The Labute approximate surface area is 125 Å². The molecule has 6 heteroatoms. The van der Waals surface area contributed by atoms with Crippen LogP contribution in [0.4, 0.5) is 0 Å². The Hall–Kier alpha value is -3.46. The molecule has 3 aromatic rings. The predicted molar refractivity (Wildman–Crippen MR) is 78.5 cm³/mol. The first-order chi connectivity index (χ1) is 10.7. The summed E-state index contributed by atoms with van der Waals surface area (Å²) >= 11 is 0. The molecule has 106 valence electrons. The second-order valence-corrected chi connectivity index (χ2v) is 4.53. The van der Waals surface area contributed by atoms with E-state index in [-0.39, 0.29) is 5.69 Å². The fraction of sp³-hybridized carbons (Fsp3) is 0. The maximum absolute atomic E-state index is 11.2. The molecule has 0 fully saturated rings. The van der Waals surface area contributed by atoms with E-state index in [1.54, 1.807) is 42.7 Å². The Bertz CT molecular complexity index is 861. The lowest BCUT2D eigenvalue weighted by atomic mass is 10.2. The van der Waals surface area contributed by atoms with Crippen LogP contribution in [0.15, 0.2) is 54.9 Å². The molecule has 0 unspecified atom stereocenters. The first-order valence-corrected chi connectivity index (χ1v) is 6.43. The zero-order valence-corrected chi connectivity index (χ0v) is 11.3. The van der Waals surface area contributed by atoms with Crippen molar-refractivity contribution >= 4 is 5.97 Å². The summed E-state index contributed by atoms with van der Waals surface area (Å²) in [7, 11) is 0. The minimum Gasteiger partial charge on any atom is -0.476 e. The molecular formula is C16H10N4O2. The average molecular weight is 290 g/mol. The van der Waals surface area contributed by atoms with Gasteiger partial charge in [-0.25, -0.2) is 9.48 Å². The summed E-state index contributed by atoms with van der Waals surface area (Å²) in [5, 5.41) is 22.1. The van der Waals surface area contributed by atoms with Gasteiger partial charge in [-0.3, -0.25) is 4.98 Å². The van der Waals surface area contributed by atoms with E-state index in [0.717, 1.165) is 5.56 Å². The first-order valence-electron chi connectivity index (χ1n) is 6.43. The van der Waals surface area contributed by atoms with Crippen LogP contribution < -0.4 is 0 Å². The number of carboxylic acid groups (broad SMARTS) is 1. The van der Waals surface area contributed by atoms with Gasteiger partial charge >= 0.3 is 5.97 Å². The molecule has 0 aliphatic heterocycles. The zero-order chi connectivity index (χ0) is 15.5. The Morgan fingerprint density at radius 3 is 2.59 bits per heavy atom. The van der Waals surface area contributed by atoms with E-state index in [4.69, 9.17) is 10.4 Å². The topological polar surface area (TPSA) is 91.8 Å². The highest BCUT2D eigenvalue weighted by Gasteiger charge is 2.15. The summed E-state index contributed by atoms with van der Waals surface area (Å²) in [6.45, 7) is 0. The molecule has 0 saturated heterocycles. The third kappa shape index (κ3) is 2.43. The van der Waals surface area contributed by atoms with E-state index in [1.807, 2.05) is 12.1 Å². The molecular weight excluding hydrogens is 280 g/mol. The van der Waals surface area contributed by atoms with Crippen molar-refractivity contribution in [3.8, 4) is 23.0 Å². The van der Waals surface area contributed by atoms with Crippen molar-refractivity contribution in [1.29, 1.82) is 5.26 Å². The summed E-state index contributed by atoms with van der Waals surface area (Å²) in [6.07, 6.45) is 3.28. The molecule has 2 heterocycles. The molecule has 0 radical (unpaired) electrons. The number of hydrogen-bond donors (Lipinski definition) is 1. The van der Waals surface area contributed by atoms with Crippen LogP contribution in [-0.2, 0) is 0 Å². The smallest absolute Gasteiger partial charge is 0.356 e. The van der Waals surface area contributed by atoms with Crippen LogP contribution in [0.2, 0.25) is 0 Å². The van der Waals surface area contributed by atoms with Crippen molar-refractivity contribution < 1.29 is 9.90 Å². The normalized spacial score (nSPS) is 10.1. The largest absolute Gasteiger partial charge is 0.476 e. The molecule has 0 amide bonds. The van der Waals surface area contributed by atoms with Gasteiger partial charge in [-0.1, -0.05) is 0 Å². The van der Waals surface area contributed by atoms with Crippen LogP contribution in [0.3, 0.4) is 0 Å². The molecule has 0 spiro atoms. The molecule has 0 atom stereocenters. The van der Waals surface area contributed by atoms with Crippen LogP contribution in [0.25, 0.3) is 16.9 Å². The number of rotatable bonds is 3. The third-order valence-electron chi connectivity index (χ3n) is 3.13. The predicted octanol–water partition coefficient (Wildman–Crippen LogP) is 2.50. The summed E-state index contributed by atoms with van der Waals surface area (Å²) in [6, 6.07) is 13.9. The fourth-order valence-corrected chi connectivity index (χ4v) is 2.08. The van der Waals surface area contributed by atoms with E-state index in [1.165, 1.54) is 10.7 Å². The van der Waals surface area contributed by atoms with E-state index in [9.17, 15) is 4.79 Å². The van der Waals surface area contributed by atoms with Gasteiger partial charge in [0.25, 0.3) is 0 Å². The second-order valence-electron chi connectivity index (χ2n) is 4.53. The second kappa shape index (κ2) is 5.50. The summed E-state index contributed by atoms with van der Waals surface area (Å²) in [4.78, 5) is 15.2. The Morgan fingerprint density at radius 1 is 1.23 bits per heavy atom. The van der Waals surface area contributed by atoms with Crippen LogP contribution in [-0.4, -0.2) is 25.8 Å². The van der Waals surface area contributed by atoms with Gasteiger partial charge in [0.15, 0.2) is 5.69 Å².